The largest absolute Gasteiger partial charge is 0.354 e. The second kappa shape index (κ2) is 8.93. The Hall–Kier alpha value is -2.23. The van der Waals surface area contributed by atoms with Crippen molar-refractivity contribution in [2.45, 2.75) is 11.3 Å². The monoisotopic (exact) mass is 395 g/mol. The molecule has 0 fully saturated rings. The van der Waals surface area contributed by atoms with Crippen LogP contribution >= 0.6 is 11.3 Å². The molecule has 0 aliphatic carbocycles. The molecule has 1 heterocycles. The fourth-order valence-corrected chi connectivity index (χ4v) is 3.77. The van der Waals surface area contributed by atoms with Crippen molar-refractivity contribution < 1.29 is 18.0 Å². The molecule has 0 bridgehead atoms. The summed E-state index contributed by atoms with van der Waals surface area (Å²) in [6.45, 7) is 0.319. The highest BCUT2D eigenvalue weighted by Crippen LogP contribution is 2.14. The molecule has 2 amide bonds. The van der Waals surface area contributed by atoms with Crippen molar-refractivity contribution in [1.29, 1.82) is 0 Å². The number of carbonyl (C=O) groups is 2. The first-order valence-corrected chi connectivity index (χ1v) is 10.2. The van der Waals surface area contributed by atoms with Crippen LogP contribution in [0.4, 0.5) is 0 Å². The number of hydrogen-bond donors (Lipinski definition) is 2. The van der Waals surface area contributed by atoms with Gasteiger partial charge in [0.25, 0.3) is 5.91 Å². The average Bonchev–Trinajstić information content (AvgIpc) is 3.13. The molecular weight excluding hydrogens is 374 g/mol. The van der Waals surface area contributed by atoms with E-state index in [-0.39, 0.29) is 22.9 Å². The van der Waals surface area contributed by atoms with Gasteiger partial charge < -0.3 is 10.6 Å². The third-order valence-electron chi connectivity index (χ3n) is 3.56. The first-order valence-electron chi connectivity index (χ1n) is 7.90. The predicted molar refractivity (Wildman–Crippen MR) is 101 cm³/mol. The molecule has 7 nitrogen and oxygen atoms in total. The summed E-state index contributed by atoms with van der Waals surface area (Å²) < 4.78 is 25.3. The summed E-state index contributed by atoms with van der Waals surface area (Å²) in [5.41, 5.74) is 0.180. The van der Waals surface area contributed by atoms with Crippen LogP contribution in [0.15, 0.2) is 46.7 Å². The van der Waals surface area contributed by atoms with E-state index in [4.69, 9.17) is 0 Å². The highest BCUT2D eigenvalue weighted by molar-refractivity contribution is 7.89. The number of amides is 2. The van der Waals surface area contributed by atoms with Gasteiger partial charge in [-0.2, -0.15) is 0 Å². The normalized spacial score (nSPS) is 11.3. The second-order valence-electron chi connectivity index (χ2n) is 5.68. The predicted octanol–water partition coefficient (Wildman–Crippen LogP) is 1.09. The van der Waals surface area contributed by atoms with Gasteiger partial charge >= 0.3 is 0 Å². The first kappa shape index (κ1) is 20.1. The topological polar surface area (TPSA) is 95.6 Å². The number of rotatable bonds is 8. The Bertz CT molecular complexity index is 862. The minimum atomic E-state index is -3.62. The van der Waals surface area contributed by atoms with Crippen LogP contribution in [0.25, 0.3) is 0 Å². The summed E-state index contributed by atoms with van der Waals surface area (Å²) in [5.74, 6) is -0.804. The van der Waals surface area contributed by atoms with Crippen LogP contribution in [0.1, 0.15) is 15.2 Å². The van der Waals surface area contributed by atoms with Crippen molar-refractivity contribution in [3.8, 4) is 0 Å². The fraction of sp³-hybridized carbons (Fsp3) is 0.294. The van der Waals surface area contributed by atoms with Gasteiger partial charge in [0.05, 0.1) is 11.4 Å². The minimum absolute atomic E-state index is 0.0237. The molecule has 0 atom stereocenters. The Labute approximate surface area is 157 Å². The molecule has 0 spiro atoms. The number of carbonyl (C=O) groups excluding carboxylic acids is 2. The molecule has 140 valence electrons. The van der Waals surface area contributed by atoms with Crippen molar-refractivity contribution in [3.05, 3.63) is 52.2 Å². The lowest BCUT2D eigenvalue weighted by atomic mass is 10.2. The number of thiophene rings is 1. The average molecular weight is 396 g/mol. The SMILES string of the molecule is CN(C)S(=O)(=O)c1cccc(C(=O)NCC(=O)NCCc2cccs2)c1. The van der Waals surface area contributed by atoms with E-state index in [0.29, 0.717) is 6.54 Å². The number of nitrogens with zero attached hydrogens (tertiary/aromatic N) is 1. The Morgan fingerprint density at radius 2 is 1.88 bits per heavy atom. The van der Waals surface area contributed by atoms with Gasteiger partial charge in [0.15, 0.2) is 0 Å². The van der Waals surface area contributed by atoms with Gasteiger partial charge in [-0.1, -0.05) is 12.1 Å². The molecule has 2 rings (SSSR count). The zero-order chi connectivity index (χ0) is 19.2. The summed E-state index contributed by atoms with van der Waals surface area (Å²) in [6, 6.07) is 9.65. The van der Waals surface area contributed by atoms with Crippen LogP contribution in [-0.2, 0) is 21.2 Å². The lowest BCUT2D eigenvalue weighted by Crippen LogP contribution is -2.37. The summed E-state index contributed by atoms with van der Waals surface area (Å²) >= 11 is 1.62. The highest BCUT2D eigenvalue weighted by atomic mass is 32.2. The molecular formula is C17H21N3O4S2. The molecule has 0 unspecified atom stereocenters. The summed E-state index contributed by atoms with van der Waals surface area (Å²) in [6.07, 6.45) is 0.738. The van der Waals surface area contributed by atoms with Gasteiger partial charge in [-0.15, -0.1) is 11.3 Å². The third-order valence-corrected chi connectivity index (χ3v) is 6.31. The molecule has 0 saturated carbocycles. The van der Waals surface area contributed by atoms with Crippen LogP contribution in [0.2, 0.25) is 0 Å². The molecule has 26 heavy (non-hydrogen) atoms. The number of hydrogen-bond acceptors (Lipinski definition) is 5. The number of benzene rings is 1. The van der Waals surface area contributed by atoms with Crippen LogP contribution < -0.4 is 10.6 Å². The van der Waals surface area contributed by atoms with E-state index < -0.39 is 15.9 Å². The Balaban J connectivity index is 1.86. The first-order chi connectivity index (χ1) is 12.3. The molecule has 2 aromatic rings. The molecule has 2 N–H and O–H groups in total. The van der Waals surface area contributed by atoms with Gasteiger partial charge in [-0.05, 0) is 36.1 Å². The fourth-order valence-electron chi connectivity index (χ4n) is 2.11. The van der Waals surface area contributed by atoms with Crippen LogP contribution in [-0.4, -0.2) is 51.7 Å². The third kappa shape index (κ3) is 5.38. The van der Waals surface area contributed by atoms with E-state index in [0.717, 1.165) is 10.7 Å². The number of sulfonamides is 1. The van der Waals surface area contributed by atoms with Crippen molar-refractivity contribution >= 4 is 33.2 Å². The molecule has 1 aromatic carbocycles. The van der Waals surface area contributed by atoms with Gasteiger partial charge in [0, 0.05) is 31.1 Å². The zero-order valence-corrected chi connectivity index (χ0v) is 16.2. The summed E-state index contributed by atoms with van der Waals surface area (Å²) in [5, 5.41) is 7.20. The summed E-state index contributed by atoms with van der Waals surface area (Å²) in [4.78, 5) is 25.2. The van der Waals surface area contributed by atoms with Gasteiger partial charge in [0.1, 0.15) is 0 Å². The standard InChI is InChI=1S/C17H21N3O4S2/c1-20(2)26(23,24)15-7-3-5-13(11-15)17(22)19-12-16(21)18-9-8-14-6-4-10-25-14/h3-7,10-11H,8-9,12H2,1-2H3,(H,18,21)(H,19,22). The van der Waals surface area contributed by atoms with Crippen LogP contribution in [0, 0.1) is 0 Å². The van der Waals surface area contributed by atoms with E-state index >= 15 is 0 Å². The smallest absolute Gasteiger partial charge is 0.251 e. The van der Waals surface area contributed by atoms with E-state index in [1.807, 2.05) is 17.5 Å². The maximum absolute atomic E-state index is 12.2. The number of nitrogens with one attached hydrogen (secondary N) is 2. The van der Waals surface area contributed by atoms with Gasteiger partial charge in [-0.25, -0.2) is 12.7 Å². The maximum Gasteiger partial charge on any atom is 0.251 e. The van der Waals surface area contributed by atoms with E-state index in [2.05, 4.69) is 10.6 Å². The Morgan fingerprint density at radius 1 is 1.12 bits per heavy atom. The van der Waals surface area contributed by atoms with Crippen molar-refractivity contribution in [1.82, 2.24) is 14.9 Å². The van der Waals surface area contributed by atoms with E-state index in [1.54, 1.807) is 11.3 Å². The lowest BCUT2D eigenvalue weighted by molar-refractivity contribution is -0.120. The molecule has 0 saturated heterocycles. The van der Waals surface area contributed by atoms with Gasteiger partial charge in [0.2, 0.25) is 15.9 Å². The van der Waals surface area contributed by atoms with Crippen LogP contribution in [0.3, 0.4) is 0 Å². The molecule has 0 radical (unpaired) electrons. The zero-order valence-electron chi connectivity index (χ0n) is 14.6. The van der Waals surface area contributed by atoms with E-state index in [1.165, 1.54) is 43.2 Å². The molecule has 9 heteroatoms. The minimum Gasteiger partial charge on any atom is -0.354 e. The second-order valence-corrected chi connectivity index (χ2v) is 8.86. The van der Waals surface area contributed by atoms with Crippen molar-refractivity contribution in [2.24, 2.45) is 0 Å². The lowest BCUT2D eigenvalue weighted by Gasteiger charge is -2.12. The molecule has 0 aliphatic rings. The Kier molecular flexibility index (Phi) is 6.90. The van der Waals surface area contributed by atoms with Crippen molar-refractivity contribution in [3.63, 3.8) is 0 Å². The summed E-state index contributed by atoms with van der Waals surface area (Å²) in [7, 11) is -0.784. The Morgan fingerprint density at radius 3 is 2.54 bits per heavy atom. The molecule has 1 aromatic heterocycles. The molecule has 0 aliphatic heterocycles. The highest BCUT2D eigenvalue weighted by Gasteiger charge is 2.18. The van der Waals surface area contributed by atoms with Gasteiger partial charge in [-0.3, -0.25) is 9.59 Å². The van der Waals surface area contributed by atoms with Crippen LogP contribution in [0.5, 0.6) is 0 Å². The maximum atomic E-state index is 12.2. The van der Waals surface area contributed by atoms with E-state index in [9.17, 15) is 18.0 Å². The quantitative estimate of drug-likeness (QED) is 0.699. The van der Waals surface area contributed by atoms with Crippen molar-refractivity contribution in [2.75, 3.05) is 27.2 Å².